The van der Waals surface area contributed by atoms with Crippen LogP contribution in [0.15, 0.2) is 54.6 Å². The summed E-state index contributed by atoms with van der Waals surface area (Å²) in [6, 6.07) is 16.7. The van der Waals surface area contributed by atoms with Gasteiger partial charge in [-0.1, -0.05) is 48.6 Å². The molecule has 1 aliphatic carbocycles. The van der Waals surface area contributed by atoms with Gasteiger partial charge in [0.05, 0.1) is 0 Å². The second-order valence-electron chi connectivity index (χ2n) is 8.34. The number of rotatable bonds is 6. The predicted octanol–water partition coefficient (Wildman–Crippen LogP) is 4.19. The molecule has 2 aromatic rings. The van der Waals surface area contributed by atoms with Crippen LogP contribution in [0.3, 0.4) is 0 Å². The number of fused-ring (bicyclic) bond motifs is 1. The lowest BCUT2D eigenvalue weighted by Crippen LogP contribution is -2.51. The number of nitrogens with zero attached hydrogens (tertiary/aromatic N) is 2. The molecular weight excluding hydrogens is 372 g/mol. The van der Waals surface area contributed by atoms with Gasteiger partial charge >= 0.3 is 0 Å². The molecule has 1 aliphatic heterocycles. The second-order valence-corrected chi connectivity index (χ2v) is 8.34. The Bertz CT molecular complexity index is 870. The first kappa shape index (κ1) is 20.7. The van der Waals surface area contributed by atoms with Crippen LogP contribution in [-0.2, 0) is 17.6 Å². The zero-order chi connectivity index (χ0) is 20.8. The van der Waals surface area contributed by atoms with E-state index in [4.69, 9.17) is 4.74 Å². The summed E-state index contributed by atoms with van der Waals surface area (Å²) in [5, 5.41) is 0. The van der Waals surface area contributed by atoms with Gasteiger partial charge in [-0.2, -0.15) is 0 Å². The highest BCUT2D eigenvalue weighted by Gasteiger charge is 2.26. The van der Waals surface area contributed by atoms with Gasteiger partial charge in [0.1, 0.15) is 5.75 Å². The van der Waals surface area contributed by atoms with E-state index in [0.29, 0.717) is 0 Å². The third-order valence-electron chi connectivity index (χ3n) is 6.14. The molecule has 1 fully saturated rings. The minimum Gasteiger partial charge on any atom is -0.481 e. The van der Waals surface area contributed by atoms with Crippen molar-refractivity contribution in [1.29, 1.82) is 0 Å². The molecule has 1 amide bonds. The van der Waals surface area contributed by atoms with Crippen LogP contribution in [0.4, 0.5) is 0 Å². The molecular formula is C26H32N2O2. The lowest BCUT2D eigenvalue weighted by Gasteiger charge is -2.35. The fraction of sp³-hybridized carbons (Fsp3) is 0.423. The molecule has 0 aromatic heterocycles. The van der Waals surface area contributed by atoms with Crippen molar-refractivity contribution in [3.05, 3.63) is 71.3 Å². The summed E-state index contributed by atoms with van der Waals surface area (Å²) in [5.41, 5.74) is 4.04. The molecule has 0 saturated carbocycles. The number of carbonyl (C=O) groups excluding carboxylic acids is 1. The van der Waals surface area contributed by atoms with Gasteiger partial charge in [0, 0.05) is 32.7 Å². The van der Waals surface area contributed by atoms with E-state index in [1.54, 1.807) is 0 Å². The van der Waals surface area contributed by atoms with Gasteiger partial charge in [0.2, 0.25) is 0 Å². The topological polar surface area (TPSA) is 32.8 Å². The third kappa shape index (κ3) is 5.31. The van der Waals surface area contributed by atoms with E-state index in [0.717, 1.165) is 51.3 Å². The molecule has 1 heterocycles. The smallest absolute Gasteiger partial charge is 0.263 e. The molecule has 4 heteroatoms. The first-order valence-corrected chi connectivity index (χ1v) is 11.2. The highest BCUT2D eigenvalue weighted by molar-refractivity contribution is 5.81. The number of benzene rings is 2. The number of piperazine rings is 1. The minimum atomic E-state index is -0.448. The lowest BCUT2D eigenvalue weighted by molar-refractivity contribution is -0.139. The van der Waals surface area contributed by atoms with E-state index in [2.05, 4.69) is 53.5 Å². The number of amides is 1. The summed E-state index contributed by atoms with van der Waals surface area (Å²) in [7, 11) is 0. The highest BCUT2D eigenvalue weighted by Crippen LogP contribution is 2.26. The summed E-state index contributed by atoms with van der Waals surface area (Å²) in [5.74, 6) is 0.911. The Kier molecular flexibility index (Phi) is 6.85. The van der Waals surface area contributed by atoms with Gasteiger partial charge in [-0.05, 0) is 61.4 Å². The van der Waals surface area contributed by atoms with Crippen LogP contribution in [0.25, 0.3) is 6.08 Å². The van der Waals surface area contributed by atoms with Crippen molar-refractivity contribution >= 4 is 12.0 Å². The largest absolute Gasteiger partial charge is 0.481 e. The first-order chi connectivity index (χ1) is 14.7. The lowest BCUT2D eigenvalue weighted by atomic mass is 9.92. The van der Waals surface area contributed by atoms with Crippen molar-refractivity contribution in [1.82, 2.24) is 9.80 Å². The standard InChI is InChI=1S/C26H32N2O2/c1-21(30-25-14-13-23-11-5-6-12-24(23)20-25)26(29)28-18-16-27(17-19-28)15-7-10-22-8-3-2-4-9-22/h2-4,7-10,13-14,20-21H,5-6,11-12,15-19H2,1H3/b10-7+. The average Bonchev–Trinajstić information content (AvgIpc) is 2.80. The molecule has 1 atom stereocenters. The number of hydrogen-bond donors (Lipinski definition) is 0. The highest BCUT2D eigenvalue weighted by atomic mass is 16.5. The minimum absolute atomic E-state index is 0.0900. The Labute approximate surface area is 180 Å². The SMILES string of the molecule is CC(Oc1ccc2c(c1)CCCC2)C(=O)N1CCN(C/C=C/c2ccccc2)CC1. The molecule has 2 aliphatic rings. The van der Waals surface area contributed by atoms with Crippen molar-refractivity contribution in [2.45, 2.75) is 38.7 Å². The molecule has 158 valence electrons. The number of ether oxygens (including phenoxy) is 1. The molecule has 0 N–H and O–H groups in total. The van der Waals surface area contributed by atoms with Crippen molar-refractivity contribution in [2.75, 3.05) is 32.7 Å². The van der Waals surface area contributed by atoms with Crippen LogP contribution >= 0.6 is 0 Å². The Hall–Kier alpha value is -2.59. The van der Waals surface area contributed by atoms with E-state index in [1.165, 1.54) is 29.5 Å². The molecule has 2 aromatic carbocycles. The van der Waals surface area contributed by atoms with Gasteiger partial charge in [-0.3, -0.25) is 9.69 Å². The van der Waals surface area contributed by atoms with Gasteiger partial charge in [-0.25, -0.2) is 0 Å². The Morgan fingerprint density at radius 2 is 1.73 bits per heavy atom. The van der Waals surface area contributed by atoms with Crippen LogP contribution < -0.4 is 4.74 Å². The Morgan fingerprint density at radius 3 is 2.50 bits per heavy atom. The van der Waals surface area contributed by atoms with E-state index in [9.17, 15) is 4.79 Å². The van der Waals surface area contributed by atoms with Crippen LogP contribution in [0.2, 0.25) is 0 Å². The normalized spacial score (nSPS) is 18.2. The monoisotopic (exact) mass is 404 g/mol. The predicted molar refractivity (Wildman–Crippen MR) is 122 cm³/mol. The van der Waals surface area contributed by atoms with Gasteiger partial charge in [0.25, 0.3) is 5.91 Å². The van der Waals surface area contributed by atoms with E-state index in [1.807, 2.05) is 24.0 Å². The first-order valence-electron chi connectivity index (χ1n) is 11.2. The molecule has 1 unspecified atom stereocenters. The molecule has 30 heavy (non-hydrogen) atoms. The maximum absolute atomic E-state index is 12.9. The Balaban J connectivity index is 1.24. The second kappa shape index (κ2) is 9.94. The van der Waals surface area contributed by atoms with E-state index < -0.39 is 6.10 Å². The van der Waals surface area contributed by atoms with Crippen LogP contribution in [0.5, 0.6) is 5.75 Å². The van der Waals surface area contributed by atoms with Crippen LogP contribution in [-0.4, -0.2) is 54.5 Å². The van der Waals surface area contributed by atoms with Gasteiger partial charge in [-0.15, -0.1) is 0 Å². The van der Waals surface area contributed by atoms with Crippen molar-refractivity contribution < 1.29 is 9.53 Å². The molecule has 4 rings (SSSR count). The maximum Gasteiger partial charge on any atom is 0.263 e. The quantitative estimate of drug-likeness (QED) is 0.724. The summed E-state index contributed by atoms with van der Waals surface area (Å²) < 4.78 is 6.02. The van der Waals surface area contributed by atoms with Crippen molar-refractivity contribution in [3.8, 4) is 5.75 Å². The average molecular weight is 405 g/mol. The molecule has 0 spiro atoms. The number of aryl methyl sites for hydroxylation is 2. The van der Waals surface area contributed by atoms with Gasteiger partial charge in [0.15, 0.2) is 6.10 Å². The molecule has 4 nitrogen and oxygen atoms in total. The van der Waals surface area contributed by atoms with Gasteiger partial charge < -0.3 is 9.64 Å². The van der Waals surface area contributed by atoms with Crippen molar-refractivity contribution in [3.63, 3.8) is 0 Å². The number of carbonyl (C=O) groups is 1. The van der Waals surface area contributed by atoms with Crippen molar-refractivity contribution in [2.24, 2.45) is 0 Å². The number of hydrogen-bond acceptors (Lipinski definition) is 3. The van der Waals surface area contributed by atoms with Crippen LogP contribution in [0.1, 0.15) is 36.5 Å². The van der Waals surface area contributed by atoms with E-state index >= 15 is 0 Å². The summed E-state index contributed by atoms with van der Waals surface area (Å²) in [6.45, 7) is 6.10. The Morgan fingerprint density at radius 1 is 1.00 bits per heavy atom. The zero-order valence-corrected chi connectivity index (χ0v) is 17.9. The molecule has 0 bridgehead atoms. The zero-order valence-electron chi connectivity index (χ0n) is 17.9. The summed E-state index contributed by atoms with van der Waals surface area (Å²) >= 11 is 0. The van der Waals surface area contributed by atoms with E-state index in [-0.39, 0.29) is 5.91 Å². The molecule has 1 saturated heterocycles. The third-order valence-corrected chi connectivity index (χ3v) is 6.14. The fourth-order valence-electron chi connectivity index (χ4n) is 4.35. The molecule has 0 radical (unpaired) electrons. The maximum atomic E-state index is 12.9. The summed E-state index contributed by atoms with van der Waals surface area (Å²) in [4.78, 5) is 17.2. The fourth-order valence-corrected chi connectivity index (χ4v) is 4.35. The van der Waals surface area contributed by atoms with Crippen LogP contribution in [0, 0.1) is 0 Å². The summed E-state index contributed by atoms with van der Waals surface area (Å²) in [6.07, 6.45) is 8.72.